The fraction of sp³-hybridized carbons (Fsp3) is 0.667. The van der Waals surface area contributed by atoms with Crippen LogP contribution in [0.2, 0.25) is 0 Å². The second-order valence-electron chi connectivity index (χ2n) is 3.20. The van der Waals surface area contributed by atoms with Crippen molar-refractivity contribution >= 4 is 23.1 Å². The standard InChI is InChI=1S/C9H13NS2/c1-2-4-9(3-1)12-6-8-5-11-7-10-8/h5,7,9H,1-4,6H2. The molecule has 1 aliphatic rings. The summed E-state index contributed by atoms with van der Waals surface area (Å²) < 4.78 is 0. The number of hydrogen-bond acceptors (Lipinski definition) is 3. The van der Waals surface area contributed by atoms with E-state index < -0.39 is 0 Å². The van der Waals surface area contributed by atoms with Gasteiger partial charge in [-0.2, -0.15) is 11.8 Å². The number of hydrogen-bond donors (Lipinski definition) is 0. The Labute approximate surface area is 81.6 Å². The van der Waals surface area contributed by atoms with Gasteiger partial charge in [0.15, 0.2) is 0 Å². The van der Waals surface area contributed by atoms with Crippen LogP contribution >= 0.6 is 23.1 Å². The van der Waals surface area contributed by atoms with Gasteiger partial charge in [-0.1, -0.05) is 12.8 Å². The van der Waals surface area contributed by atoms with E-state index in [1.54, 1.807) is 11.3 Å². The molecule has 0 aliphatic heterocycles. The summed E-state index contributed by atoms with van der Waals surface area (Å²) in [6, 6.07) is 0. The van der Waals surface area contributed by atoms with E-state index >= 15 is 0 Å². The van der Waals surface area contributed by atoms with Gasteiger partial charge in [0.2, 0.25) is 0 Å². The molecule has 0 N–H and O–H groups in total. The van der Waals surface area contributed by atoms with Gasteiger partial charge >= 0.3 is 0 Å². The highest BCUT2D eigenvalue weighted by Crippen LogP contribution is 2.31. The summed E-state index contributed by atoms with van der Waals surface area (Å²) in [6.07, 6.45) is 5.73. The Morgan fingerprint density at radius 1 is 1.50 bits per heavy atom. The number of aromatic nitrogens is 1. The van der Waals surface area contributed by atoms with Gasteiger partial charge in [-0.05, 0) is 12.8 Å². The number of thioether (sulfide) groups is 1. The third kappa shape index (κ3) is 2.23. The van der Waals surface area contributed by atoms with Gasteiger partial charge in [-0.25, -0.2) is 4.98 Å². The Balaban J connectivity index is 1.74. The van der Waals surface area contributed by atoms with Gasteiger partial charge in [0.05, 0.1) is 11.2 Å². The van der Waals surface area contributed by atoms with Crippen molar-refractivity contribution in [1.82, 2.24) is 4.98 Å². The van der Waals surface area contributed by atoms with Crippen molar-refractivity contribution in [2.24, 2.45) is 0 Å². The molecule has 3 heteroatoms. The molecular formula is C9H13NS2. The van der Waals surface area contributed by atoms with Gasteiger partial charge in [-0.3, -0.25) is 0 Å². The van der Waals surface area contributed by atoms with Crippen molar-refractivity contribution in [2.75, 3.05) is 0 Å². The number of nitrogens with zero attached hydrogens (tertiary/aromatic N) is 1. The Morgan fingerprint density at radius 2 is 2.33 bits per heavy atom. The van der Waals surface area contributed by atoms with E-state index in [9.17, 15) is 0 Å². The van der Waals surface area contributed by atoms with Crippen LogP contribution in [0.1, 0.15) is 31.4 Å². The first-order valence-corrected chi connectivity index (χ1v) is 6.43. The summed E-state index contributed by atoms with van der Waals surface area (Å²) >= 11 is 3.78. The highest BCUT2D eigenvalue weighted by Gasteiger charge is 2.15. The molecule has 66 valence electrons. The molecular weight excluding hydrogens is 186 g/mol. The van der Waals surface area contributed by atoms with Gasteiger partial charge in [-0.15, -0.1) is 11.3 Å². The van der Waals surface area contributed by atoms with Crippen molar-refractivity contribution in [2.45, 2.75) is 36.7 Å². The van der Waals surface area contributed by atoms with Crippen molar-refractivity contribution in [3.05, 3.63) is 16.6 Å². The predicted octanol–water partition coefficient (Wildman–Crippen LogP) is 3.32. The third-order valence-corrected chi connectivity index (χ3v) is 4.29. The minimum Gasteiger partial charge on any atom is -0.249 e. The molecule has 0 aromatic carbocycles. The second-order valence-corrected chi connectivity index (χ2v) is 5.20. The maximum atomic E-state index is 4.27. The average Bonchev–Trinajstić information content (AvgIpc) is 2.74. The fourth-order valence-corrected chi connectivity index (χ4v) is 3.46. The third-order valence-electron chi connectivity index (χ3n) is 2.25. The molecule has 2 rings (SSSR count). The molecule has 1 aromatic rings. The van der Waals surface area contributed by atoms with E-state index in [0.717, 1.165) is 11.0 Å². The van der Waals surface area contributed by atoms with E-state index in [1.165, 1.54) is 31.4 Å². The van der Waals surface area contributed by atoms with Gasteiger partial charge < -0.3 is 0 Å². The van der Waals surface area contributed by atoms with E-state index in [1.807, 2.05) is 5.51 Å². The lowest BCUT2D eigenvalue weighted by atomic mass is 10.4. The maximum absolute atomic E-state index is 4.27. The largest absolute Gasteiger partial charge is 0.249 e. The van der Waals surface area contributed by atoms with E-state index in [0.29, 0.717) is 0 Å². The summed E-state index contributed by atoms with van der Waals surface area (Å²) in [5, 5.41) is 3.08. The Morgan fingerprint density at radius 3 is 3.00 bits per heavy atom. The molecule has 0 bridgehead atoms. The fourth-order valence-electron chi connectivity index (χ4n) is 1.57. The lowest BCUT2D eigenvalue weighted by Gasteiger charge is -2.05. The van der Waals surface area contributed by atoms with Crippen molar-refractivity contribution in [3.8, 4) is 0 Å². The number of rotatable bonds is 3. The molecule has 0 atom stereocenters. The van der Waals surface area contributed by atoms with Crippen molar-refractivity contribution < 1.29 is 0 Å². The molecule has 1 aromatic heterocycles. The van der Waals surface area contributed by atoms with Crippen LogP contribution in [0.15, 0.2) is 10.9 Å². The van der Waals surface area contributed by atoms with Gasteiger partial charge in [0, 0.05) is 16.4 Å². The Hall–Kier alpha value is -0.0200. The first-order valence-electron chi connectivity index (χ1n) is 4.44. The minimum absolute atomic E-state index is 0.923. The van der Waals surface area contributed by atoms with Crippen LogP contribution in [0.25, 0.3) is 0 Å². The lowest BCUT2D eigenvalue weighted by Crippen LogP contribution is -1.94. The Bertz CT molecular complexity index is 214. The molecule has 1 fully saturated rings. The molecule has 0 spiro atoms. The van der Waals surface area contributed by atoms with E-state index in [-0.39, 0.29) is 0 Å². The normalized spacial score (nSPS) is 18.7. The van der Waals surface area contributed by atoms with Crippen LogP contribution < -0.4 is 0 Å². The summed E-state index contributed by atoms with van der Waals surface area (Å²) in [5.74, 6) is 1.12. The summed E-state index contributed by atoms with van der Waals surface area (Å²) in [5.41, 5.74) is 3.18. The molecule has 1 aliphatic carbocycles. The molecule has 0 unspecified atom stereocenters. The smallest absolute Gasteiger partial charge is 0.0795 e. The van der Waals surface area contributed by atoms with Crippen LogP contribution in [-0.4, -0.2) is 10.2 Å². The highest BCUT2D eigenvalue weighted by molar-refractivity contribution is 7.99. The zero-order valence-electron chi connectivity index (χ0n) is 7.03. The quantitative estimate of drug-likeness (QED) is 0.740. The van der Waals surface area contributed by atoms with Crippen LogP contribution in [0.5, 0.6) is 0 Å². The lowest BCUT2D eigenvalue weighted by molar-refractivity contribution is 0.886. The average molecular weight is 199 g/mol. The van der Waals surface area contributed by atoms with E-state index in [4.69, 9.17) is 0 Å². The second kappa shape index (κ2) is 4.28. The zero-order chi connectivity index (χ0) is 8.23. The van der Waals surface area contributed by atoms with Gasteiger partial charge in [0.25, 0.3) is 0 Å². The first kappa shape index (κ1) is 8.57. The van der Waals surface area contributed by atoms with Crippen LogP contribution in [0, 0.1) is 0 Å². The summed E-state index contributed by atoms with van der Waals surface area (Å²) in [7, 11) is 0. The molecule has 1 saturated carbocycles. The first-order chi connectivity index (χ1) is 5.95. The predicted molar refractivity (Wildman–Crippen MR) is 55.7 cm³/mol. The molecule has 0 saturated heterocycles. The molecule has 12 heavy (non-hydrogen) atoms. The van der Waals surface area contributed by atoms with Crippen LogP contribution in [0.3, 0.4) is 0 Å². The summed E-state index contributed by atoms with van der Waals surface area (Å²) in [6.45, 7) is 0. The minimum atomic E-state index is 0.923. The summed E-state index contributed by atoms with van der Waals surface area (Å²) in [4.78, 5) is 4.27. The number of thiazole rings is 1. The maximum Gasteiger partial charge on any atom is 0.0795 e. The molecule has 0 radical (unpaired) electrons. The Kier molecular flexibility index (Phi) is 3.06. The highest BCUT2D eigenvalue weighted by atomic mass is 32.2. The zero-order valence-corrected chi connectivity index (χ0v) is 8.66. The molecule has 1 nitrogen and oxygen atoms in total. The molecule has 1 heterocycles. The van der Waals surface area contributed by atoms with Gasteiger partial charge in [0.1, 0.15) is 0 Å². The van der Waals surface area contributed by atoms with Crippen molar-refractivity contribution in [3.63, 3.8) is 0 Å². The topological polar surface area (TPSA) is 12.9 Å². The van der Waals surface area contributed by atoms with Crippen LogP contribution in [0.4, 0.5) is 0 Å². The van der Waals surface area contributed by atoms with Crippen molar-refractivity contribution in [1.29, 1.82) is 0 Å². The van der Waals surface area contributed by atoms with Crippen LogP contribution in [-0.2, 0) is 5.75 Å². The SMILES string of the molecule is c1nc(CSC2CCCC2)cs1. The monoisotopic (exact) mass is 199 g/mol. The van der Waals surface area contributed by atoms with E-state index in [2.05, 4.69) is 22.1 Å². The molecule has 0 amide bonds.